The third kappa shape index (κ3) is 4.25. The number of pyridine rings is 1. The molecule has 5 rings (SSSR count). The number of aromatic nitrogens is 2. The predicted octanol–water partition coefficient (Wildman–Crippen LogP) is 2.87. The number of hydrazine groups is 1. The molecule has 33 heavy (non-hydrogen) atoms. The number of nitrogens with one attached hydrogen (secondary N) is 2. The monoisotopic (exact) mass is 489 g/mol. The van der Waals surface area contributed by atoms with Gasteiger partial charge in [-0.25, -0.2) is 30.8 Å². The lowest BCUT2D eigenvalue weighted by Gasteiger charge is -2.36. The number of hydrogen-bond donors (Lipinski definition) is 2. The number of hydrogen-bond acceptors (Lipinski definition) is 7. The average molecular weight is 490 g/mol. The maximum Gasteiger partial charge on any atom is 0.269 e. The van der Waals surface area contributed by atoms with Crippen molar-refractivity contribution in [3.8, 4) is 0 Å². The minimum absolute atomic E-state index is 0.194. The summed E-state index contributed by atoms with van der Waals surface area (Å²) in [4.78, 5) is 4.64. The minimum Gasteiger partial charge on any atom is -0.315 e. The smallest absolute Gasteiger partial charge is 0.269 e. The molecule has 176 valence electrons. The van der Waals surface area contributed by atoms with Gasteiger partial charge in [0, 0.05) is 23.7 Å². The van der Waals surface area contributed by atoms with Crippen LogP contribution in [-0.2, 0) is 26.6 Å². The summed E-state index contributed by atoms with van der Waals surface area (Å²) in [5.41, 5.74) is 5.32. The highest BCUT2D eigenvalue weighted by molar-refractivity contribution is 7.90. The first kappa shape index (κ1) is 22.3. The van der Waals surface area contributed by atoms with Gasteiger partial charge in [0.15, 0.2) is 5.65 Å². The molecule has 1 aromatic carbocycles. The molecule has 0 spiro atoms. The Morgan fingerprint density at radius 3 is 2.48 bits per heavy atom. The topological polar surface area (TPSA) is 113 Å². The molecule has 2 aliphatic rings. The van der Waals surface area contributed by atoms with E-state index in [1.807, 2.05) is 5.01 Å². The van der Waals surface area contributed by atoms with Crippen LogP contribution in [0.2, 0.25) is 0 Å². The Hall–Kier alpha value is -2.47. The van der Waals surface area contributed by atoms with Crippen LogP contribution in [0.4, 0.5) is 5.69 Å². The zero-order valence-corrected chi connectivity index (χ0v) is 19.9. The molecule has 0 bridgehead atoms. The van der Waals surface area contributed by atoms with Crippen LogP contribution in [0.1, 0.15) is 37.7 Å². The summed E-state index contributed by atoms with van der Waals surface area (Å²) in [5.74, 6) is 0.196. The van der Waals surface area contributed by atoms with Crippen LogP contribution < -0.4 is 10.1 Å². The van der Waals surface area contributed by atoms with Gasteiger partial charge in [0.05, 0.1) is 29.2 Å². The van der Waals surface area contributed by atoms with Crippen molar-refractivity contribution in [1.29, 1.82) is 0 Å². The van der Waals surface area contributed by atoms with Crippen LogP contribution in [0.3, 0.4) is 0 Å². The Kier molecular flexibility index (Phi) is 5.68. The second-order valence-corrected chi connectivity index (χ2v) is 12.4. The number of fused-ring (bicyclic) bond motifs is 3. The second-order valence-electron chi connectivity index (χ2n) is 8.79. The van der Waals surface area contributed by atoms with E-state index >= 15 is 0 Å². The largest absolute Gasteiger partial charge is 0.315 e. The van der Waals surface area contributed by atoms with Crippen LogP contribution in [0.5, 0.6) is 0 Å². The first-order valence-corrected chi connectivity index (χ1v) is 14.4. The highest BCUT2D eigenvalue weighted by atomic mass is 32.2. The summed E-state index contributed by atoms with van der Waals surface area (Å²) in [7, 11) is -7.20. The molecule has 1 atom stereocenters. The van der Waals surface area contributed by atoms with E-state index in [0.29, 0.717) is 12.2 Å². The SMILES string of the molecule is CS(=O)(=O)NC(C1CCCCC1)N1Cc2c(cnc3c2ccn3S(=O)(=O)c2ccccc2)N1. The normalized spacial score (nSPS) is 18.8. The van der Waals surface area contributed by atoms with Crippen LogP contribution in [-0.4, -0.2) is 43.2 Å². The Labute approximate surface area is 193 Å². The first-order valence-electron chi connectivity index (χ1n) is 11.0. The van der Waals surface area contributed by atoms with E-state index in [1.54, 1.807) is 42.6 Å². The molecular formula is C22H27N5O4S2. The van der Waals surface area contributed by atoms with Gasteiger partial charge < -0.3 is 5.43 Å². The van der Waals surface area contributed by atoms with Gasteiger partial charge in [-0.2, -0.15) is 4.72 Å². The minimum atomic E-state index is -3.78. The quantitative estimate of drug-likeness (QED) is 0.547. The predicted molar refractivity (Wildman–Crippen MR) is 126 cm³/mol. The summed E-state index contributed by atoms with van der Waals surface area (Å²) < 4.78 is 54.6. The molecule has 0 amide bonds. The van der Waals surface area contributed by atoms with Crippen molar-refractivity contribution in [1.82, 2.24) is 18.7 Å². The lowest BCUT2D eigenvalue weighted by molar-refractivity contribution is 0.135. The molecule has 11 heteroatoms. The van der Waals surface area contributed by atoms with Crippen LogP contribution in [0.15, 0.2) is 53.7 Å². The van der Waals surface area contributed by atoms with E-state index < -0.39 is 26.2 Å². The van der Waals surface area contributed by atoms with Gasteiger partial charge in [0.2, 0.25) is 10.0 Å². The number of sulfonamides is 1. The zero-order chi connectivity index (χ0) is 23.2. The molecule has 1 aliphatic heterocycles. The van der Waals surface area contributed by atoms with Gasteiger partial charge in [-0.05, 0) is 37.0 Å². The summed E-state index contributed by atoms with van der Waals surface area (Å²) >= 11 is 0. The number of rotatable bonds is 6. The van der Waals surface area contributed by atoms with Gasteiger partial charge in [0.1, 0.15) is 0 Å². The van der Waals surface area contributed by atoms with Crippen molar-refractivity contribution < 1.29 is 16.8 Å². The van der Waals surface area contributed by atoms with E-state index in [4.69, 9.17) is 0 Å². The second kappa shape index (κ2) is 8.39. The molecule has 1 fully saturated rings. The molecule has 3 aromatic rings. The van der Waals surface area contributed by atoms with E-state index in [-0.39, 0.29) is 10.8 Å². The third-order valence-corrected chi connectivity index (χ3v) is 8.80. The molecule has 1 aliphatic carbocycles. The Balaban J connectivity index is 1.50. The van der Waals surface area contributed by atoms with Gasteiger partial charge in [-0.3, -0.25) is 0 Å². The maximum atomic E-state index is 13.2. The van der Waals surface area contributed by atoms with Crippen LogP contribution >= 0.6 is 0 Å². The molecule has 2 aromatic heterocycles. The summed E-state index contributed by atoms with van der Waals surface area (Å²) in [6, 6.07) is 10.0. The van der Waals surface area contributed by atoms with Crippen LogP contribution in [0.25, 0.3) is 11.0 Å². The van der Waals surface area contributed by atoms with E-state index in [9.17, 15) is 16.8 Å². The van der Waals surface area contributed by atoms with Crippen molar-refractivity contribution in [3.05, 3.63) is 54.4 Å². The highest BCUT2D eigenvalue weighted by Crippen LogP contribution is 2.36. The van der Waals surface area contributed by atoms with Gasteiger partial charge in [-0.15, -0.1) is 0 Å². The van der Waals surface area contributed by atoms with Crippen molar-refractivity contribution >= 4 is 36.8 Å². The average Bonchev–Trinajstić information content (AvgIpc) is 3.42. The van der Waals surface area contributed by atoms with Crippen molar-refractivity contribution in [2.45, 2.75) is 49.7 Å². The van der Waals surface area contributed by atoms with Crippen molar-refractivity contribution in [2.75, 3.05) is 11.7 Å². The molecular weight excluding hydrogens is 462 g/mol. The fourth-order valence-corrected chi connectivity index (χ4v) is 6.98. The van der Waals surface area contributed by atoms with Crippen LogP contribution in [0, 0.1) is 5.92 Å². The first-order chi connectivity index (χ1) is 15.7. The standard InChI is InChI=1S/C22H27N5O4S2/c1-32(28,29)25-21(16-8-4-2-5-9-16)26-15-19-18-12-13-27(22(18)23-14-20(19)24-26)33(30,31)17-10-6-3-7-11-17/h3,6-7,10-14,16,21,24-25H,2,4-5,8-9,15H2,1H3. The number of nitrogens with zero attached hydrogens (tertiary/aromatic N) is 3. The van der Waals surface area contributed by atoms with Crippen molar-refractivity contribution in [3.63, 3.8) is 0 Å². The number of anilines is 1. The maximum absolute atomic E-state index is 13.2. The lowest BCUT2D eigenvalue weighted by Crippen LogP contribution is -2.52. The molecule has 2 N–H and O–H groups in total. The molecule has 0 saturated heterocycles. The Bertz CT molecular complexity index is 1380. The molecule has 3 heterocycles. The molecule has 1 saturated carbocycles. The number of benzene rings is 1. The lowest BCUT2D eigenvalue weighted by atomic mass is 9.87. The Morgan fingerprint density at radius 2 is 1.79 bits per heavy atom. The summed E-state index contributed by atoms with van der Waals surface area (Å²) in [5, 5.41) is 2.63. The highest BCUT2D eigenvalue weighted by Gasteiger charge is 2.35. The fraction of sp³-hybridized carbons (Fsp3) is 0.409. The Morgan fingerprint density at radius 1 is 1.06 bits per heavy atom. The summed E-state index contributed by atoms with van der Waals surface area (Å²) in [6.45, 7) is 0.438. The van der Waals surface area contributed by atoms with E-state index in [2.05, 4.69) is 15.1 Å². The van der Waals surface area contributed by atoms with Gasteiger partial charge >= 0.3 is 0 Å². The van der Waals surface area contributed by atoms with Gasteiger partial charge in [0.25, 0.3) is 10.0 Å². The fourth-order valence-electron chi connectivity index (χ4n) is 4.90. The van der Waals surface area contributed by atoms with E-state index in [0.717, 1.165) is 42.3 Å². The molecule has 9 nitrogen and oxygen atoms in total. The summed E-state index contributed by atoms with van der Waals surface area (Å²) in [6.07, 6.45) is 9.19. The zero-order valence-electron chi connectivity index (χ0n) is 18.3. The molecule has 0 radical (unpaired) electrons. The van der Waals surface area contributed by atoms with E-state index in [1.165, 1.54) is 22.8 Å². The third-order valence-electron chi connectivity index (χ3n) is 6.45. The van der Waals surface area contributed by atoms with Gasteiger partial charge in [-0.1, -0.05) is 37.5 Å². The molecule has 1 unspecified atom stereocenters. The van der Waals surface area contributed by atoms with Crippen molar-refractivity contribution in [2.24, 2.45) is 5.92 Å².